The monoisotopic (exact) mass is 496 g/mol. The third-order valence-corrected chi connectivity index (χ3v) is 4.75. The number of aromatic hydroxyl groups is 1. The Morgan fingerprint density at radius 3 is 2.92 bits per heavy atom. The lowest BCUT2D eigenvalue weighted by molar-refractivity contribution is 0.340. The van der Waals surface area contributed by atoms with Gasteiger partial charge in [-0.2, -0.15) is 14.9 Å². The quantitative estimate of drug-likeness (QED) is 0.379. The zero-order chi connectivity index (χ0) is 18.7. The highest BCUT2D eigenvalue weighted by atomic mass is 79.9. The van der Waals surface area contributed by atoms with Crippen LogP contribution >= 0.6 is 44.1 Å². The van der Waals surface area contributed by atoms with Gasteiger partial charge >= 0.3 is 0 Å². The Hall–Kier alpha value is -1.97. The van der Waals surface area contributed by atoms with Crippen molar-refractivity contribution in [3.05, 3.63) is 55.7 Å². The molecule has 26 heavy (non-hydrogen) atoms. The van der Waals surface area contributed by atoms with E-state index in [2.05, 4.69) is 47.2 Å². The molecule has 0 spiro atoms. The van der Waals surface area contributed by atoms with Gasteiger partial charge in [-0.1, -0.05) is 28.1 Å². The van der Waals surface area contributed by atoms with Gasteiger partial charge in [-0.3, -0.25) is 0 Å². The van der Waals surface area contributed by atoms with Crippen LogP contribution in [0, 0.1) is 4.77 Å². The Labute approximate surface area is 171 Å². The highest BCUT2D eigenvalue weighted by molar-refractivity contribution is 9.11. The number of aromatic nitrogens is 3. The van der Waals surface area contributed by atoms with Crippen molar-refractivity contribution in [1.82, 2.24) is 14.9 Å². The van der Waals surface area contributed by atoms with Gasteiger partial charge in [0.25, 0.3) is 0 Å². The molecule has 2 N–H and O–H groups in total. The summed E-state index contributed by atoms with van der Waals surface area (Å²) >= 11 is 12.0. The minimum atomic E-state index is 0.0897. The zero-order valence-electron chi connectivity index (χ0n) is 13.6. The fourth-order valence-electron chi connectivity index (χ4n) is 2.28. The molecule has 9 heteroatoms. The van der Waals surface area contributed by atoms with Crippen molar-refractivity contribution < 1.29 is 9.84 Å². The van der Waals surface area contributed by atoms with Crippen molar-refractivity contribution in [1.29, 1.82) is 0 Å². The third-order valence-electron chi connectivity index (χ3n) is 3.42. The van der Waals surface area contributed by atoms with E-state index in [4.69, 9.17) is 17.0 Å². The van der Waals surface area contributed by atoms with Crippen LogP contribution in [0.2, 0.25) is 0 Å². The second kappa shape index (κ2) is 8.15. The molecule has 0 fully saturated rings. The lowest BCUT2D eigenvalue weighted by Crippen LogP contribution is -1.97. The van der Waals surface area contributed by atoms with Crippen LogP contribution in [0.5, 0.6) is 11.5 Å². The summed E-state index contributed by atoms with van der Waals surface area (Å²) < 4.78 is 8.74. The molecule has 3 rings (SSSR count). The van der Waals surface area contributed by atoms with E-state index in [9.17, 15) is 5.11 Å². The molecule has 2 aromatic carbocycles. The van der Waals surface area contributed by atoms with Crippen LogP contribution in [0.25, 0.3) is 11.4 Å². The summed E-state index contributed by atoms with van der Waals surface area (Å²) in [5, 5.41) is 21.5. The van der Waals surface area contributed by atoms with Crippen molar-refractivity contribution in [3.8, 4) is 22.9 Å². The molecule has 6 nitrogen and oxygen atoms in total. The van der Waals surface area contributed by atoms with E-state index < -0.39 is 0 Å². The lowest BCUT2D eigenvalue weighted by atomic mass is 10.2. The second-order valence-corrected chi connectivity index (χ2v) is 7.35. The first kappa shape index (κ1) is 18.8. The summed E-state index contributed by atoms with van der Waals surface area (Å²) in [6.45, 7) is 2.50. The van der Waals surface area contributed by atoms with Gasteiger partial charge in [0.05, 0.1) is 17.3 Å². The molecule has 0 bridgehead atoms. The molecular weight excluding hydrogens is 484 g/mol. The molecule has 0 amide bonds. The molecule has 1 aromatic heterocycles. The Balaban J connectivity index is 2.02. The summed E-state index contributed by atoms with van der Waals surface area (Å²) in [7, 11) is 0. The van der Waals surface area contributed by atoms with Gasteiger partial charge in [-0.05, 0) is 59.3 Å². The maximum atomic E-state index is 10.2. The highest BCUT2D eigenvalue weighted by Crippen LogP contribution is 2.31. The molecule has 134 valence electrons. The topological polar surface area (TPSA) is 75.4 Å². The minimum absolute atomic E-state index is 0.0897. The average molecular weight is 498 g/mol. The molecule has 0 aliphatic rings. The summed E-state index contributed by atoms with van der Waals surface area (Å²) in [5.74, 6) is 1.37. The maximum Gasteiger partial charge on any atom is 0.216 e. The molecule has 1 heterocycles. The Morgan fingerprint density at radius 1 is 1.35 bits per heavy atom. The number of phenols is 1. The molecule has 0 aliphatic carbocycles. The van der Waals surface area contributed by atoms with E-state index in [0.29, 0.717) is 27.2 Å². The summed E-state index contributed by atoms with van der Waals surface area (Å²) in [4.78, 5) is 0. The Bertz CT molecular complexity index is 1030. The van der Waals surface area contributed by atoms with Gasteiger partial charge in [0.1, 0.15) is 11.5 Å². The number of halogens is 2. The third kappa shape index (κ3) is 4.05. The second-order valence-electron chi connectivity index (χ2n) is 5.20. The average Bonchev–Trinajstić information content (AvgIpc) is 2.98. The summed E-state index contributed by atoms with van der Waals surface area (Å²) in [5.41, 5.74) is 1.34. The van der Waals surface area contributed by atoms with Gasteiger partial charge in [0.2, 0.25) is 4.77 Å². The van der Waals surface area contributed by atoms with Gasteiger partial charge in [-0.15, -0.1) is 0 Å². The van der Waals surface area contributed by atoms with Crippen LogP contribution in [-0.2, 0) is 0 Å². The van der Waals surface area contributed by atoms with E-state index >= 15 is 0 Å². The number of hydrogen-bond donors (Lipinski definition) is 2. The highest BCUT2D eigenvalue weighted by Gasteiger charge is 2.10. The normalized spacial score (nSPS) is 11.2. The van der Waals surface area contributed by atoms with Crippen LogP contribution in [-0.4, -0.2) is 32.8 Å². The van der Waals surface area contributed by atoms with Crippen molar-refractivity contribution in [3.63, 3.8) is 0 Å². The fraction of sp³-hybridized carbons (Fsp3) is 0.118. The van der Waals surface area contributed by atoms with E-state index in [1.165, 1.54) is 10.9 Å². The first-order chi connectivity index (χ1) is 12.5. The predicted octanol–water partition coefficient (Wildman–Crippen LogP) is 5.12. The molecule has 0 saturated heterocycles. The van der Waals surface area contributed by atoms with Crippen molar-refractivity contribution >= 4 is 50.3 Å². The SMILES string of the molecule is CCOc1cccc(-c2n[nH]c(=S)n2/N=C/c2cc(Br)cc(Br)c2O)c1. The first-order valence-electron chi connectivity index (χ1n) is 7.62. The largest absolute Gasteiger partial charge is 0.506 e. The number of ether oxygens (including phenoxy) is 1. The molecule has 0 saturated carbocycles. The number of nitrogens with zero attached hydrogens (tertiary/aromatic N) is 3. The number of benzene rings is 2. The predicted molar refractivity (Wildman–Crippen MR) is 111 cm³/mol. The van der Waals surface area contributed by atoms with Gasteiger partial charge < -0.3 is 9.84 Å². The van der Waals surface area contributed by atoms with Crippen molar-refractivity contribution in [2.24, 2.45) is 5.10 Å². The molecule has 0 aliphatic heterocycles. The number of phenolic OH excluding ortho intramolecular Hbond substituents is 1. The van der Waals surface area contributed by atoms with Crippen molar-refractivity contribution in [2.75, 3.05) is 6.61 Å². The first-order valence-corrected chi connectivity index (χ1v) is 9.62. The molecule has 0 atom stereocenters. The summed E-state index contributed by atoms with van der Waals surface area (Å²) in [6, 6.07) is 11.0. The fourth-order valence-corrected chi connectivity index (χ4v) is 3.72. The zero-order valence-corrected chi connectivity index (χ0v) is 17.6. The molecule has 0 radical (unpaired) electrons. The van der Waals surface area contributed by atoms with Gasteiger partial charge in [0.15, 0.2) is 5.82 Å². The Kier molecular flexibility index (Phi) is 5.90. The van der Waals surface area contributed by atoms with Gasteiger partial charge in [-0.25, -0.2) is 5.10 Å². The standard InChI is InChI=1S/C17H14Br2N4O2S/c1-2-25-13-5-3-4-10(7-13)16-21-22-17(26)23(16)20-9-11-6-12(18)8-14(19)15(11)24/h3-9,24H,2H2,1H3,(H,22,26)/b20-9+. The molecular formula is C17H14Br2N4O2S. The number of rotatable bonds is 5. The van der Waals surface area contributed by atoms with Crippen LogP contribution in [0.1, 0.15) is 12.5 Å². The van der Waals surface area contributed by atoms with E-state index in [0.717, 1.165) is 15.8 Å². The minimum Gasteiger partial charge on any atom is -0.506 e. The molecule has 3 aromatic rings. The van der Waals surface area contributed by atoms with E-state index in [1.54, 1.807) is 12.1 Å². The van der Waals surface area contributed by atoms with Crippen LogP contribution in [0.4, 0.5) is 0 Å². The smallest absolute Gasteiger partial charge is 0.216 e. The molecule has 0 unspecified atom stereocenters. The Morgan fingerprint density at radius 2 is 2.15 bits per heavy atom. The van der Waals surface area contributed by atoms with Crippen LogP contribution < -0.4 is 4.74 Å². The van der Waals surface area contributed by atoms with Gasteiger partial charge in [0, 0.05) is 15.6 Å². The van der Waals surface area contributed by atoms with Crippen LogP contribution in [0.15, 0.2) is 50.4 Å². The number of H-pyrrole nitrogens is 1. The van der Waals surface area contributed by atoms with E-state index in [-0.39, 0.29) is 5.75 Å². The number of aromatic amines is 1. The van der Waals surface area contributed by atoms with E-state index in [1.807, 2.05) is 31.2 Å². The lowest BCUT2D eigenvalue weighted by Gasteiger charge is -2.06. The summed E-state index contributed by atoms with van der Waals surface area (Å²) in [6.07, 6.45) is 1.52. The maximum absolute atomic E-state index is 10.2. The number of nitrogens with one attached hydrogen (secondary N) is 1. The number of hydrogen-bond acceptors (Lipinski definition) is 5. The van der Waals surface area contributed by atoms with Crippen LogP contribution in [0.3, 0.4) is 0 Å². The van der Waals surface area contributed by atoms with Crippen molar-refractivity contribution in [2.45, 2.75) is 6.92 Å².